The molecule has 0 aliphatic heterocycles. The molecule has 10 heteroatoms. The second-order valence-electron chi connectivity index (χ2n) is 5.17. The van der Waals surface area contributed by atoms with Crippen LogP contribution in [0.25, 0.3) is 0 Å². The first-order valence-electron chi connectivity index (χ1n) is 7.61. The zero-order chi connectivity index (χ0) is 20.1. The Bertz CT molecular complexity index is 914. The zero-order valence-electron chi connectivity index (χ0n) is 14.3. The van der Waals surface area contributed by atoms with Crippen LogP contribution in [-0.2, 0) is 0 Å². The van der Waals surface area contributed by atoms with Crippen LogP contribution in [0.3, 0.4) is 0 Å². The number of nitrogens with zero attached hydrogens (tertiary/aromatic N) is 1. The van der Waals surface area contributed by atoms with Gasteiger partial charge in [0.25, 0.3) is 5.91 Å². The second kappa shape index (κ2) is 8.37. The minimum absolute atomic E-state index is 0.00891. The number of carboxylic acid groups (broad SMARTS) is 1. The van der Waals surface area contributed by atoms with Crippen LogP contribution < -0.4 is 14.8 Å². The molecule has 2 N–H and O–H groups in total. The van der Waals surface area contributed by atoms with E-state index in [1.165, 1.54) is 31.4 Å². The average molecular weight is 395 g/mol. The second-order valence-corrected chi connectivity index (χ2v) is 5.58. The average Bonchev–Trinajstić information content (AvgIpc) is 2.61. The molecule has 0 spiro atoms. The molecule has 1 amide bonds. The lowest BCUT2D eigenvalue weighted by Crippen LogP contribution is -2.14. The summed E-state index contributed by atoms with van der Waals surface area (Å²) in [6.45, 7) is 1.90. The topological polar surface area (TPSA) is 128 Å². The Morgan fingerprint density at radius 1 is 1.26 bits per heavy atom. The molecule has 2 rings (SSSR count). The van der Waals surface area contributed by atoms with Crippen molar-refractivity contribution in [2.24, 2.45) is 0 Å². The van der Waals surface area contributed by atoms with E-state index in [0.29, 0.717) is 0 Å². The van der Waals surface area contributed by atoms with Gasteiger partial charge in [0.2, 0.25) is 0 Å². The molecule has 0 heterocycles. The number of carbonyl (C=O) groups excluding carboxylic acids is 1. The lowest BCUT2D eigenvalue weighted by atomic mass is 10.1. The summed E-state index contributed by atoms with van der Waals surface area (Å²) in [5.74, 6) is -1.85. The van der Waals surface area contributed by atoms with E-state index >= 15 is 0 Å². The van der Waals surface area contributed by atoms with E-state index in [2.05, 4.69) is 5.32 Å². The van der Waals surface area contributed by atoms with Gasteiger partial charge >= 0.3 is 11.7 Å². The molecule has 0 aliphatic rings. The molecule has 27 heavy (non-hydrogen) atoms. The Morgan fingerprint density at radius 3 is 2.52 bits per heavy atom. The number of carboxylic acids is 1. The van der Waals surface area contributed by atoms with Crippen LogP contribution in [0.4, 0.5) is 11.4 Å². The maximum absolute atomic E-state index is 12.5. The number of hydrogen-bond donors (Lipinski definition) is 2. The van der Waals surface area contributed by atoms with Crippen LogP contribution in [-0.4, -0.2) is 35.6 Å². The van der Waals surface area contributed by atoms with Gasteiger partial charge in [0.15, 0.2) is 11.5 Å². The summed E-state index contributed by atoms with van der Waals surface area (Å²) in [4.78, 5) is 34.2. The van der Waals surface area contributed by atoms with Crippen LogP contribution in [0.1, 0.15) is 27.6 Å². The Labute approximate surface area is 158 Å². The highest BCUT2D eigenvalue weighted by molar-refractivity contribution is 6.33. The summed E-state index contributed by atoms with van der Waals surface area (Å²) in [7, 11) is 1.30. The summed E-state index contributed by atoms with van der Waals surface area (Å²) >= 11 is 5.99. The van der Waals surface area contributed by atoms with Crippen LogP contribution in [0, 0.1) is 10.1 Å². The molecule has 0 atom stereocenters. The van der Waals surface area contributed by atoms with E-state index in [1.54, 1.807) is 6.92 Å². The predicted molar refractivity (Wildman–Crippen MR) is 97.2 cm³/mol. The van der Waals surface area contributed by atoms with Gasteiger partial charge in [-0.25, -0.2) is 4.79 Å². The molecule has 0 aliphatic carbocycles. The third-order valence-corrected chi connectivity index (χ3v) is 3.74. The monoisotopic (exact) mass is 394 g/mol. The quantitative estimate of drug-likeness (QED) is 0.542. The number of carbonyl (C=O) groups is 2. The number of anilines is 1. The van der Waals surface area contributed by atoms with E-state index in [-0.39, 0.29) is 45.6 Å². The number of amides is 1. The largest absolute Gasteiger partial charge is 0.493 e. The predicted octanol–water partition coefficient (Wildman–Crippen LogP) is 3.61. The number of halogens is 1. The third kappa shape index (κ3) is 4.45. The van der Waals surface area contributed by atoms with Crippen molar-refractivity contribution < 1.29 is 29.1 Å². The van der Waals surface area contributed by atoms with E-state index in [4.69, 9.17) is 26.2 Å². The molecule has 0 bridgehead atoms. The van der Waals surface area contributed by atoms with Crippen LogP contribution in [0.2, 0.25) is 5.02 Å². The number of nitro benzene ring substituents is 1. The molecule has 2 aromatic carbocycles. The molecule has 0 saturated carbocycles. The number of rotatable bonds is 7. The number of ether oxygens (including phenoxy) is 2. The van der Waals surface area contributed by atoms with Crippen molar-refractivity contribution in [3.63, 3.8) is 0 Å². The lowest BCUT2D eigenvalue weighted by Gasteiger charge is -2.13. The minimum Gasteiger partial charge on any atom is -0.493 e. The Morgan fingerprint density at radius 2 is 1.96 bits per heavy atom. The van der Waals surface area contributed by atoms with Crippen molar-refractivity contribution in [1.29, 1.82) is 0 Å². The summed E-state index contributed by atoms with van der Waals surface area (Å²) in [5, 5.41) is 22.8. The van der Waals surface area contributed by atoms with E-state index in [0.717, 1.165) is 6.07 Å². The molecule has 0 aromatic heterocycles. The zero-order valence-corrected chi connectivity index (χ0v) is 15.1. The smallest absolute Gasteiger partial charge is 0.335 e. The van der Waals surface area contributed by atoms with Crippen molar-refractivity contribution in [1.82, 2.24) is 0 Å². The van der Waals surface area contributed by atoms with Gasteiger partial charge in [0.05, 0.1) is 34.9 Å². The van der Waals surface area contributed by atoms with Gasteiger partial charge in [-0.05, 0) is 31.2 Å². The van der Waals surface area contributed by atoms with E-state index in [1.807, 2.05) is 0 Å². The van der Waals surface area contributed by atoms with Crippen molar-refractivity contribution in [3.8, 4) is 11.5 Å². The Balaban J connectivity index is 2.41. The van der Waals surface area contributed by atoms with E-state index < -0.39 is 16.8 Å². The van der Waals surface area contributed by atoms with Crippen LogP contribution in [0.5, 0.6) is 11.5 Å². The van der Waals surface area contributed by atoms with Gasteiger partial charge < -0.3 is 19.9 Å². The highest BCUT2D eigenvalue weighted by atomic mass is 35.5. The number of methoxy groups -OCH3 is 1. The lowest BCUT2D eigenvalue weighted by molar-refractivity contribution is -0.385. The molecule has 0 unspecified atom stereocenters. The van der Waals surface area contributed by atoms with Gasteiger partial charge in [0.1, 0.15) is 0 Å². The van der Waals surface area contributed by atoms with Gasteiger partial charge in [-0.3, -0.25) is 14.9 Å². The van der Waals surface area contributed by atoms with Gasteiger partial charge in [0, 0.05) is 11.6 Å². The first-order chi connectivity index (χ1) is 12.8. The standard InChI is InChI=1S/C17H15ClN2O7/c1-3-27-14-5-4-9(8-13(14)20(24)25)16(21)19-12-7-10(17(22)23)6-11(18)15(12)26-2/h4-8H,3H2,1-2H3,(H,19,21)(H,22,23). The number of nitro groups is 1. The Kier molecular flexibility index (Phi) is 6.19. The molecular weight excluding hydrogens is 380 g/mol. The van der Waals surface area contributed by atoms with Crippen LogP contribution >= 0.6 is 11.6 Å². The highest BCUT2D eigenvalue weighted by Crippen LogP contribution is 2.35. The Hall–Kier alpha value is -3.33. The van der Waals surface area contributed by atoms with Crippen LogP contribution in [0.15, 0.2) is 30.3 Å². The number of hydrogen-bond acceptors (Lipinski definition) is 6. The minimum atomic E-state index is -1.24. The normalized spacial score (nSPS) is 10.2. The first kappa shape index (κ1) is 20.0. The SMILES string of the molecule is CCOc1ccc(C(=O)Nc2cc(C(=O)O)cc(Cl)c2OC)cc1[N+](=O)[O-]. The number of nitrogens with one attached hydrogen (secondary N) is 1. The maximum atomic E-state index is 12.5. The molecule has 0 saturated heterocycles. The van der Waals surface area contributed by atoms with Crippen molar-refractivity contribution >= 4 is 34.9 Å². The first-order valence-corrected chi connectivity index (χ1v) is 7.99. The fraction of sp³-hybridized carbons (Fsp3) is 0.176. The van der Waals surface area contributed by atoms with Gasteiger partial charge in [-0.2, -0.15) is 0 Å². The van der Waals surface area contributed by atoms with Crippen molar-refractivity contribution in [2.75, 3.05) is 19.0 Å². The summed E-state index contributed by atoms with van der Waals surface area (Å²) in [6, 6.07) is 6.08. The molecule has 0 radical (unpaired) electrons. The molecule has 142 valence electrons. The van der Waals surface area contributed by atoms with Gasteiger partial charge in [-0.1, -0.05) is 11.6 Å². The summed E-state index contributed by atoms with van der Waals surface area (Å²) < 4.78 is 10.3. The highest BCUT2D eigenvalue weighted by Gasteiger charge is 2.21. The van der Waals surface area contributed by atoms with Crippen molar-refractivity contribution in [2.45, 2.75) is 6.92 Å². The number of benzene rings is 2. The number of aromatic carboxylic acids is 1. The summed E-state index contributed by atoms with van der Waals surface area (Å²) in [5.41, 5.74) is -0.532. The summed E-state index contributed by atoms with van der Waals surface area (Å²) in [6.07, 6.45) is 0. The van der Waals surface area contributed by atoms with Gasteiger partial charge in [-0.15, -0.1) is 0 Å². The molecule has 9 nitrogen and oxygen atoms in total. The fourth-order valence-electron chi connectivity index (χ4n) is 2.29. The fourth-order valence-corrected chi connectivity index (χ4v) is 2.59. The van der Waals surface area contributed by atoms with Crippen molar-refractivity contribution in [3.05, 3.63) is 56.6 Å². The maximum Gasteiger partial charge on any atom is 0.335 e. The van der Waals surface area contributed by atoms with E-state index in [9.17, 15) is 19.7 Å². The molecule has 2 aromatic rings. The molecular formula is C17H15ClN2O7. The third-order valence-electron chi connectivity index (χ3n) is 3.46. The molecule has 0 fully saturated rings.